The molecule has 0 atom stereocenters. The van der Waals surface area contributed by atoms with Crippen LogP contribution in [-0.4, -0.2) is 54.4 Å². The van der Waals surface area contributed by atoms with Crippen molar-refractivity contribution in [2.75, 3.05) is 36.0 Å². The second kappa shape index (κ2) is 8.62. The summed E-state index contributed by atoms with van der Waals surface area (Å²) in [4.78, 5) is 9.56. The molecule has 2 aromatic heterocycles. The van der Waals surface area contributed by atoms with Crippen LogP contribution in [-0.2, 0) is 9.84 Å². The van der Waals surface area contributed by atoms with E-state index in [-0.39, 0.29) is 15.6 Å². The van der Waals surface area contributed by atoms with E-state index in [2.05, 4.69) is 48.2 Å². The van der Waals surface area contributed by atoms with E-state index in [1.807, 2.05) is 42.5 Å². The summed E-state index contributed by atoms with van der Waals surface area (Å²) in [6.07, 6.45) is 0. The van der Waals surface area contributed by atoms with E-state index in [1.165, 1.54) is 10.2 Å². The predicted octanol–water partition coefficient (Wildman–Crippen LogP) is 4.20. The molecule has 3 aromatic carbocycles. The Morgan fingerprint density at radius 2 is 1.43 bits per heavy atom. The average molecular weight is 549 g/mol. The van der Waals surface area contributed by atoms with Gasteiger partial charge in [0.25, 0.3) is 0 Å². The first-order valence-corrected chi connectivity index (χ1v) is 13.5. The van der Waals surface area contributed by atoms with Crippen molar-refractivity contribution < 1.29 is 8.42 Å². The molecule has 0 amide bonds. The third-order valence-corrected chi connectivity index (χ3v) is 8.48. The number of hydrogen-bond acceptors (Lipinski definition) is 7. The Hall–Kier alpha value is -3.50. The fourth-order valence-electron chi connectivity index (χ4n) is 4.48. The maximum absolute atomic E-state index is 13.5. The summed E-state index contributed by atoms with van der Waals surface area (Å²) in [5, 5.41) is 9.03. The number of para-hydroxylation sites is 2. The van der Waals surface area contributed by atoms with Crippen LogP contribution in [0.4, 0.5) is 11.5 Å². The molecule has 1 fully saturated rings. The third-order valence-electron chi connectivity index (χ3n) is 6.28. The summed E-state index contributed by atoms with van der Waals surface area (Å²) in [7, 11) is -3.90. The van der Waals surface area contributed by atoms with Gasteiger partial charge < -0.3 is 9.80 Å². The Bertz CT molecular complexity index is 1630. The summed E-state index contributed by atoms with van der Waals surface area (Å²) in [6, 6.07) is 24.6. The molecular weight excluding hydrogens is 528 g/mol. The van der Waals surface area contributed by atoms with Crippen molar-refractivity contribution in [3.63, 3.8) is 0 Å². The Morgan fingerprint density at radius 1 is 0.771 bits per heavy atom. The number of fused-ring (bicyclic) bond motifs is 3. The topological polar surface area (TPSA) is 83.7 Å². The smallest absolute Gasteiger partial charge is 0.229 e. The van der Waals surface area contributed by atoms with E-state index in [9.17, 15) is 8.42 Å². The Balaban J connectivity index is 1.44. The molecule has 0 radical (unpaired) electrons. The van der Waals surface area contributed by atoms with Crippen molar-refractivity contribution in [3.05, 3.63) is 83.3 Å². The SMILES string of the molecule is O=S(=O)(c1ccc(Br)cc1)c1nnn2c1nc(N1CCN(c3ccccc3)CC1)c1ccccc12. The minimum atomic E-state index is -3.90. The van der Waals surface area contributed by atoms with Gasteiger partial charge in [0, 0.05) is 41.7 Å². The lowest BCUT2D eigenvalue weighted by Crippen LogP contribution is -2.47. The number of rotatable bonds is 4. The van der Waals surface area contributed by atoms with E-state index in [0.29, 0.717) is 0 Å². The van der Waals surface area contributed by atoms with E-state index in [0.717, 1.165) is 47.4 Å². The number of sulfone groups is 1. The molecule has 0 spiro atoms. The van der Waals surface area contributed by atoms with Gasteiger partial charge in [0.15, 0.2) is 5.65 Å². The van der Waals surface area contributed by atoms with Gasteiger partial charge in [0.1, 0.15) is 5.82 Å². The van der Waals surface area contributed by atoms with Gasteiger partial charge >= 0.3 is 0 Å². The molecule has 10 heteroatoms. The van der Waals surface area contributed by atoms with Gasteiger partial charge in [-0.1, -0.05) is 51.5 Å². The summed E-state index contributed by atoms with van der Waals surface area (Å²) < 4.78 is 29.2. The number of halogens is 1. The molecule has 3 heterocycles. The standard InChI is InChI=1S/C25H21BrN6O2S/c26-18-10-12-20(13-11-18)35(33,34)25-24-27-23(21-8-4-5-9-22(21)32(24)29-28-25)31-16-14-30(15-17-31)19-6-2-1-3-7-19/h1-13H,14-17H2. The number of nitrogens with zero attached hydrogens (tertiary/aromatic N) is 6. The largest absolute Gasteiger partial charge is 0.368 e. The van der Waals surface area contributed by atoms with Crippen LogP contribution in [0.1, 0.15) is 0 Å². The zero-order chi connectivity index (χ0) is 24.0. The van der Waals surface area contributed by atoms with Crippen LogP contribution in [0.2, 0.25) is 0 Å². The highest BCUT2D eigenvalue weighted by Crippen LogP contribution is 2.31. The molecule has 0 saturated carbocycles. The van der Waals surface area contributed by atoms with Gasteiger partial charge in [-0.15, -0.1) is 5.10 Å². The maximum atomic E-state index is 13.5. The van der Waals surface area contributed by atoms with Crippen LogP contribution >= 0.6 is 15.9 Å². The van der Waals surface area contributed by atoms with Crippen LogP contribution < -0.4 is 9.80 Å². The lowest BCUT2D eigenvalue weighted by Gasteiger charge is -2.37. The zero-order valence-electron chi connectivity index (χ0n) is 18.6. The zero-order valence-corrected chi connectivity index (χ0v) is 21.0. The van der Waals surface area contributed by atoms with Crippen molar-refractivity contribution >= 4 is 53.8 Å². The molecule has 176 valence electrons. The predicted molar refractivity (Wildman–Crippen MR) is 139 cm³/mol. The first-order chi connectivity index (χ1) is 17.0. The highest BCUT2D eigenvalue weighted by molar-refractivity contribution is 9.10. The van der Waals surface area contributed by atoms with Crippen LogP contribution in [0.3, 0.4) is 0 Å². The van der Waals surface area contributed by atoms with Gasteiger partial charge in [-0.05, 0) is 48.5 Å². The Morgan fingerprint density at radius 3 is 2.17 bits per heavy atom. The molecule has 0 aliphatic carbocycles. The van der Waals surface area contributed by atoms with Gasteiger partial charge in [-0.3, -0.25) is 0 Å². The van der Waals surface area contributed by atoms with Crippen LogP contribution in [0.5, 0.6) is 0 Å². The van der Waals surface area contributed by atoms with Crippen LogP contribution in [0.25, 0.3) is 16.6 Å². The minimum Gasteiger partial charge on any atom is -0.368 e. The van der Waals surface area contributed by atoms with Crippen molar-refractivity contribution in [1.82, 2.24) is 19.8 Å². The molecule has 1 aliphatic heterocycles. The Labute approximate surface area is 210 Å². The Kier molecular flexibility index (Phi) is 5.42. The molecule has 8 nitrogen and oxygen atoms in total. The second-order valence-corrected chi connectivity index (χ2v) is 11.1. The van der Waals surface area contributed by atoms with E-state index >= 15 is 0 Å². The highest BCUT2D eigenvalue weighted by Gasteiger charge is 2.28. The van der Waals surface area contributed by atoms with Gasteiger partial charge in [0.2, 0.25) is 14.9 Å². The first kappa shape index (κ1) is 22.0. The fraction of sp³-hybridized carbons (Fsp3) is 0.160. The molecular formula is C25H21BrN6O2S. The maximum Gasteiger partial charge on any atom is 0.229 e. The number of benzene rings is 3. The summed E-state index contributed by atoms with van der Waals surface area (Å²) >= 11 is 3.35. The third kappa shape index (κ3) is 3.82. The molecule has 1 saturated heterocycles. The van der Waals surface area contributed by atoms with Gasteiger partial charge in [-0.2, -0.15) is 4.52 Å². The molecule has 35 heavy (non-hydrogen) atoms. The summed E-state index contributed by atoms with van der Waals surface area (Å²) in [6.45, 7) is 3.20. The van der Waals surface area contributed by atoms with Crippen LogP contribution in [0.15, 0.2) is 93.3 Å². The second-order valence-electron chi connectivity index (χ2n) is 8.35. The van der Waals surface area contributed by atoms with Crippen molar-refractivity contribution in [1.29, 1.82) is 0 Å². The number of piperazine rings is 1. The monoisotopic (exact) mass is 548 g/mol. The molecule has 0 bridgehead atoms. The van der Waals surface area contributed by atoms with Crippen molar-refractivity contribution in [2.24, 2.45) is 0 Å². The van der Waals surface area contributed by atoms with E-state index in [4.69, 9.17) is 4.98 Å². The van der Waals surface area contributed by atoms with Gasteiger partial charge in [0.05, 0.1) is 10.4 Å². The first-order valence-electron chi connectivity index (χ1n) is 11.2. The number of anilines is 2. The fourth-order valence-corrected chi connectivity index (χ4v) is 5.98. The van der Waals surface area contributed by atoms with E-state index < -0.39 is 9.84 Å². The van der Waals surface area contributed by atoms with Crippen molar-refractivity contribution in [2.45, 2.75) is 9.92 Å². The minimum absolute atomic E-state index is 0.144. The summed E-state index contributed by atoms with van der Waals surface area (Å²) in [5.74, 6) is 0.746. The number of hydrogen-bond donors (Lipinski definition) is 0. The average Bonchev–Trinajstić information content (AvgIpc) is 3.34. The van der Waals surface area contributed by atoms with Gasteiger partial charge in [-0.25, -0.2) is 13.4 Å². The summed E-state index contributed by atoms with van der Waals surface area (Å²) in [5.41, 5.74) is 2.19. The quantitative estimate of drug-likeness (QED) is 0.332. The molecule has 1 aliphatic rings. The molecule has 6 rings (SSSR count). The lowest BCUT2D eigenvalue weighted by atomic mass is 10.2. The normalized spacial score (nSPS) is 14.7. The lowest BCUT2D eigenvalue weighted by molar-refractivity contribution is 0.592. The molecule has 0 unspecified atom stereocenters. The van der Waals surface area contributed by atoms with Crippen molar-refractivity contribution in [3.8, 4) is 0 Å². The van der Waals surface area contributed by atoms with Crippen LogP contribution in [0, 0.1) is 0 Å². The number of aromatic nitrogens is 4. The molecule has 5 aromatic rings. The molecule has 0 N–H and O–H groups in total. The highest BCUT2D eigenvalue weighted by atomic mass is 79.9. The van der Waals surface area contributed by atoms with E-state index in [1.54, 1.807) is 24.3 Å².